The second-order valence-corrected chi connectivity index (χ2v) is 4.94. The highest BCUT2D eigenvalue weighted by Gasteiger charge is 2.17. The average Bonchev–Trinajstić information content (AvgIpc) is 2.97. The maximum absolute atomic E-state index is 13.5. The number of rotatable bonds is 5. The monoisotopic (exact) mass is 296 g/mol. The second kappa shape index (κ2) is 5.89. The zero-order chi connectivity index (χ0) is 15.5. The molecule has 0 saturated heterocycles. The van der Waals surface area contributed by atoms with Gasteiger partial charge in [0.25, 0.3) is 0 Å². The molecule has 3 aromatic rings. The van der Waals surface area contributed by atoms with Crippen molar-refractivity contribution in [1.29, 1.82) is 0 Å². The number of ketones is 2. The van der Waals surface area contributed by atoms with Gasteiger partial charge in [-0.15, -0.1) is 0 Å². The first kappa shape index (κ1) is 14.1. The first-order chi connectivity index (χ1) is 10.7. The predicted octanol–water partition coefficient (Wildman–Crippen LogP) is 3.55. The van der Waals surface area contributed by atoms with Gasteiger partial charge in [0, 0.05) is 18.2 Å². The summed E-state index contributed by atoms with van der Waals surface area (Å²) >= 11 is 0. The molecule has 3 rings (SSSR count). The zero-order valence-corrected chi connectivity index (χ0v) is 11.7. The van der Waals surface area contributed by atoms with Gasteiger partial charge in [-0.1, -0.05) is 30.3 Å². The molecule has 1 N–H and O–H groups in total. The summed E-state index contributed by atoms with van der Waals surface area (Å²) < 4.78 is 13.5. The van der Waals surface area contributed by atoms with Gasteiger partial charge in [0.1, 0.15) is 11.5 Å². The summed E-state index contributed by atoms with van der Waals surface area (Å²) in [6, 6.07) is 13.1. The minimum absolute atomic E-state index is 0.00200. The Hall–Kier alpha value is -2.82. The number of H-pyrrole nitrogens is 1. The van der Waals surface area contributed by atoms with Gasteiger partial charge in [-0.3, -0.25) is 14.7 Å². The predicted molar refractivity (Wildman–Crippen MR) is 80.4 cm³/mol. The van der Waals surface area contributed by atoms with Crippen molar-refractivity contribution in [3.05, 3.63) is 65.6 Å². The lowest BCUT2D eigenvalue weighted by Gasteiger charge is -2.01. The van der Waals surface area contributed by atoms with Gasteiger partial charge in [-0.2, -0.15) is 5.10 Å². The van der Waals surface area contributed by atoms with Crippen LogP contribution in [-0.2, 0) is 0 Å². The highest BCUT2D eigenvalue weighted by atomic mass is 19.1. The van der Waals surface area contributed by atoms with E-state index in [0.29, 0.717) is 5.69 Å². The van der Waals surface area contributed by atoms with Crippen LogP contribution in [0.15, 0.2) is 48.5 Å². The van der Waals surface area contributed by atoms with E-state index in [9.17, 15) is 14.0 Å². The molecule has 22 heavy (non-hydrogen) atoms. The van der Waals surface area contributed by atoms with E-state index >= 15 is 0 Å². The summed E-state index contributed by atoms with van der Waals surface area (Å²) in [6.45, 7) is 0. The quantitative estimate of drug-likeness (QED) is 0.732. The number of benzene rings is 2. The fourth-order valence-corrected chi connectivity index (χ4v) is 2.34. The number of carbonyl (C=O) groups is 2. The van der Waals surface area contributed by atoms with Crippen molar-refractivity contribution in [3.8, 4) is 0 Å². The molecule has 1 aromatic heterocycles. The summed E-state index contributed by atoms with van der Waals surface area (Å²) in [6.07, 6.45) is -0.0387. The van der Waals surface area contributed by atoms with Crippen LogP contribution >= 0.6 is 0 Å². The second-order valence-electron chi connectivity index (χ2n) is 4.94. The Morgan fingerprint density at radius 2 is 1.64 bits per heavy atom. The molecule has 0 fully saturated rings. The molecule has 0 radical (unpaired) electrons. The van der Waals surface area contributed by atoms with Crippen LogP contribution in [0.25, 0.3) is 10.9 Å². The van der Waals surface area contributed by atoms with Gasteiger partial charge in [0.05, 0.1) is 11.1 Å². The van der Waals surface area contributed by atoms with E-state index in [4.69, 9.17) is 0 Å². The van der Waals surface area contributed by atoms with Crippen molar-refractivity contribution < 1.29 is 14.0 Å². The number of hydrogen-bond donors (Lipinski definition) is 1. The van der Waals surface area contributed by atoms with E-state index in [1.807, 2.05) is 18.2 Å². The SMILES string of the molecule is O=C(CCC(=O)c1n[nH]c2ccccc12)c1ccccc1F. The van der Waals surface area contributed by atoms with E-state index in [2.05, 4.69) is 10.2 Å². The molecule has 0 spiro atoms. The van der Waals surface area contributed by atoms with E-state index in [1.165, 1.54) is 18.2 Å². The fourth-order valence-electron chi connectivity index (χ4n) is 2.34. The Morgan fingerprint density at radius 1 is 0.955 bits per heavy atom. The third-order valence-corrected chi connectivity index (χ3v) is 3.49. The molecule has 0 amide bonds. The van der Waals surface area contributed by atoms with Crippen molar-refractivity contribution in [2.45, 2.75) is 12.8 Å². The first-order valence-corrected chi connectivity index (χ1v) is 6.91. The van der Waals surface area contributed by atoms with Crippen molar-refractivity contribution >= 4 is 22.5 Å². The van der Waals surface area contributed by atoms with Crippen LogP contribution in [0.4, 0.5) is 4.39 Å². The third-order valence-electron chi connectivity index (χ3n) is 3.49. The number of fused-ring (bicyclic) bond motifs is 1. The molecule has 2 aromatic carbocycles. The van der Waals surface area contributed by atoms with Gasteiger partial charge in [-0.25, -0.2) is 4.39 Å². The number of para-hydroxylation sites is 1. The Bertz CT molecular complexity index is 854. The van der Waals surface area contributed by atoms with Crippen molar-refractivity contribution in [3.63, 3.8) is 0 Å². The Labute approximate surface area is 126 Å². The maximum atomic E-state index is 13.5. The fraction of sp³-hybridized carbons (Fsp3) is 0.118. The molecule has 0 saturated carbocycles. The topological polar surface area (TPSA) is 62.8 Å². The molecule has 0 bridgehead atoms. The van der Waals surface area contributed by atoms with E-state index in [-0.39, 0.29) is 30.0 Å². The zero-order valence-electron chi connectivity index (χ0n) is 11.7. The number of halogens is 1. The van der Waals surface area contributed by atoms with E-state index < -0.39 is 5.82 Å². The van der Waals surface area contributed by atoms with Crippen LogP contribution in [-0.4, -0.2) is 21.8 Å². The van der Waals surface area contributed by atoms with Gasteiger partial charge in [-0.05, 0) is 18.2 Å². The number of nitrogens with one attached hydrogen (secondary N) is 1. The van der Waals surface area contributed by atoms with Crippen LogP contribution in [0.2, 0.25) is 0 Å². The molecule has 0 aliphatic carbocycles. The maximum Gasteiger partial charge on any atom is 0.184 e. The van der Waals surface area contributed by atoms with Crippen LogP contribution in [0.5, 0.6) is 0 Å². The first-order valence-electron chi connectivity index (χ1n) is 6.91. The summed E-state index contributed by atoms with van der Waals surface area (Å²) in [5, 5.41) is 7.51. The van der Waals surface area contributed by atoms with Gasteiger partial charge in [0.15, 0.2) is 11.6 Å². The van der Waals surface area contributed by atoms with Crippen LogP contribution in [0.3, 0.4) is 0 Å². The highest BCUT2D eigenvalue weighted by Crippen LogP contribution is 2.18. The van der Waals surface area contributed by atoms with Gasteiger partial charge < -0.3 is 0 Å². The Balaban J connectivity index is 1.73. The lowest BCUT2D eigenvalue weighted by molar-refractivity contribution is 0.0913. The van der Waals surface area contributed by atoms with Crippen LogP contribution in [0.1, 0.15) is 33.7 Å². The minimum Gasteiger partial charge on any atom is -0.294 e. The Kier molecular flexibility index (Phi) is 3.78. The minimum atomic E-state index is -0.565. The summed E-state index contributed by atoms with van der Waals surface area (Å²) in [5.74, 6) is -1.18. The standard InChI is InChI=1S/C17H13FN2O2/c18-13-7-3-1-5-11(13)15(21)9-10-16(22)17-12-6-2-4-8-14(12)19-20-17/h1-8H,9-10H2,(H,19,20). The smallest absolute Gasteiger partial charge is 0.184 e. The number of aromatic nitrogens is 2. The number of nitrogens with zero attached hydrogens (tertiary/aromatic N) is 1. The number of carbonyl (C=O) groups excluding carboxylic acids is 2. The lowest BCUT2D eigenvalue weighted by Crippen LogP contribution is -2.07. The molecule has 4 nitrogen and oxygen atoms in total. The molecule has 0 aliphatic rings. The van der Waals surface area contributed by atoms with Gasteiger partial charge >= 0.3 is 0 Å². The van der Waals surface area contributed by atoms with E-state index in [1.54, 1.807) is 12.1 Å². The summed E-state index contributed by atoms with van der Waals surface area (Å²) in [7, 11) is 0. The molecule has 110 valence electrons. The third kappa shape index (κ3) is 2.65. The molecular formula is C17H13FN2O2. The Morgan fingerprint density at radius 3 is 2.45 bits per heavy atom. The highest BCUT2D eigenvalue weighted by molar-refractivity contribution is 6.07. The number of Topliss-reactive ketones (excluding diaryl/α,β-unsaturated/α-hetero) is 2. The van der Waals surface area contributed by atoms with Crippen LogP contribution in [0, 0.1) is 5.82 Å². The normalized spacial score (nSPS) is 10.8. The van der Waals surface area contributed by atoms with E-state index in [0.717, 1.165) is 10.9 Å². The molecule has 0 unspecified atom stereocenters. The largest absolute Gasteiger partial charge is 0.294 e. The van der Waals surface area contributed by atoms with Crippen molar-refractivity contribution in [1.82, 2.24) is 10.2 Å². The molecular weight excluding hydrogens is 283 g/mol. The lowest BCUT2D eigenvalue weighted by atomic mass is 10.0. The summed E-state index contributed by atoms with van der Waals surface area (Å²) in [4.78, 5) is 24.2. The molecule has 0 atom stereocenters. The average molecular weight is 296 g/mol. The molecule has 0 aliphatic heterocycles. The summed E-state index contributed by atoms with van der Waals surface area (Å²) in [5.41, 5.74) is 1.10. The van der Waals surface area contributed by atoms with Crippen LogP contribution < -0.4 is 0 Å². The molecule has 1 heterocycles. The van der Waals surface area contributed by atoms with Gasteiger partial charge in [0.2, 0.25) is 0 Å². The van der Waals surface area contributed by atoms with Crippen molar-refractivity contribution in [2.24, 2.45) is 0 Å². The number of aromatic amines is 1. The van der Waals surface area contributed by atoms with Crippen molar-refractivity contribution in [2.75, 3.05) is 0 Å². The molecule has 5 heteroatoms. The number of hydrogen-bond acceptors (Lipinski definition) is 3.